The van der Waals surface area contributed by atoms with E-state index in [2.05, 4.69) is 37.7 Å². The second-order valence-corrected chi connectivity index (χ2v) is 5.10. The van der Waals surface area contributed by atoms with Crippen molar-refractivity contribution in [1.82, 2.24) is 15.1 Å². The lowest BCUT2D eigenvalue weighted by Gasteiger charge is -2.16. The first-order valence-corrected chi connectivity index (χ1v) is 8.06. The molecule has 116 valence electrons. The van der Waals surface area contributed by atoms with Gasteiger partial charge in [-0.15, -0.1) is 0 Å². The SMILES string of the molecule is CCCOCCn1nc(CC)c(C(CC)NC)c1CC. The predicted molar refractivity (Wildman–Crippen MR) is 84.2 cm³/mol. The molecule has 0 aromatic carbocycles. The topological polar surface area (TPSA) is 39.1 Å². The van der Waals surface area contributed by atoms with Gasteiger partial charge in [0.1, 0.15) is 0 Å². The summed E-state index contributed by atoms with van der Waals surface area (Å²) in [5, 5.41) is 8.23. The summed E-state index contributed by atoms with van der Waals surface area (Å²) in [4.78, 5) is 0. The lowest BCUT2D eigenvalue weighted by atomic mass is 9.99. The second-order valence-electron chi connectivity index (χ2n) is 5.10. The quantitative estimate of drug-likeness (QED) is 0.670. The predicted octanol–water partition coefficient (Wildman–Crippen LogP) is 3.11. The van der Waals surface area contributed by atoms with E-state index in [9.17, 15) is 0 Å². The molecular weight excluding hydrogens is 250 g/mol. The fourth-order valence-electron chi connectivity index (χ4n) is 2.74. The van der Waals surface area contributed by atoms with E-state index in [-0.39, 0.29) is 0 Å². The Kier molecular flexibility index (Phi) is 7.85. The molecule has 0 bridgehead atoms. The monoisotopic (exact) mass is 281 g/mol. The summed E-state index contributed by atoms with van der Waals surface area (Å²) in [5.74, 6) is 0. The van der Waals surface area contributed by atoms with Crippen molar-refractivity contribution in [2.24, 2.45) is 0 Å². The van der Waals surface area contributed by atoms with E-state index >= 15 is 0 Å². The molecule has 0 spiro atoms. The molecule has 20 heavy (non-hydrogen) atoms. The van der Waals surface area contributed by atoms with Crippen molar-refractivity contribution in [3.63, 3.8) is 0 Å². The molecule has 0 saturated carbocycles. The van der Waals surface area contributed by atoms with Crippen molar-refractivity contribution in [2.75, 3.05) is 20.3 Å². The molecule has 1 aromatic rings. The standard InChI is InChI=1S/C16H31N3O/c1-6-11-20-12-10-19-15(9-4)16(13(7-2)17-5)14(8-3)18-19/h13,17H,6-12H2,1-5H3. The van der Waals surface area contributed by atoms with Crippen LogP contribution in [0.4, 0.5) is 0 Å². The van der Waals surface area contributed by atoms with Gasteiger partial charge in [-0.2, -0.15) is 5.10 Å². The van der Waals surface area contributed by atoms with Gasteiger partial charge in [0.05, 0.1) is 18.8 Å². The molecule has 0 aliphatic carbocycles. The lowest BCUT2D eigenvalue weighted by molar-refractivity contribution is 0.123. The van der Waals surface area contributed by atoms with Gasteiger partial charge in [0.25, 0.3) is 0 Å². The summed E-state index contributed by atoms with van der Waals surface area (Å²) in [6.45, 7) is 11.2. The van der Waals surface area contributed by atoms with Gasteiger partial charge in [-0.05, 0) is 32.7 Å². The molecule has 0 radical (unpaired) electrons. The fraction of sp³-hybridized carbons (Fsp3) is 0.812. The van der Waals surface area contributed by atoms with Crippen molar-refractivity contribution in [3.8, 4) is 0 Å². The summed E-state index contributed by atoms with van der Waals surface area (Å²) in [6, 6.07) is 0.408. The van der Waals surface area contributed by atoms with E-state index in [1.807, 2.05) is 7.05 Å². The Morgan fingerprint density at radius 3 is 2.40 bits per heavy atom. The Bertz CT molecular complexity index is 383. The Hall–Kier alpha value is -0.870. The van der Waals surface area contributed by atoms with Crippen LogP contribution < -0.4 is 5.32 Å². The number of hydrogen-bond donors (Lipinski definition) is 1. The first-order valence-electron chi connectivity index (χ1n) is 8.06. The Balaban J connectivity index is 2.95. The number of rotatable bonds is 10. The number of ether oxygens (including phenoxy) is 1. The fourth-order valence-corrected chi connectivity index (χ4v) is 2.74. The van der Waals surface area contributed by atoms with Gasteiger partial charge in [-0.3, -0.25) is 4.68 Å². The molecule has 1 heterocycles. The average molecular weight is 281 g/mol. The number of nitrogens with zero attached hydrogens (tertiary/aromatic N) is 2. The summed E-state index contributed by atoms with van der Waals surface area (Å²) in [6.07, 6.45) is 4.18. The summed E-state index contributed by atoms with van der Waals surface area (Å²) < 4.78 is 7.76. The molecule has 0 saturated heterocycles. The van der Waals surface area contributed by atoms with Crippen molar-refractivity contribution in [2.45, 2.75) is 66.0 Å². The van der Waals surface area contributed by atoms with Crippen molar-refractivity contribution < 1.29 is 4.74 Å². The number of aromatic nitrogens is 2. The molecule has 0 aliphatic rings. The van der Waals surface area contributed by atoms with E-state index in [0.717, 1.165) is 45.4 Å². The van der Waals surface area contributed by atoms with Gasteiger partial charge in [0.2, 0.25) is 0 Å². The van der Waals surface area contributed by atoms with E-state index in [1.54, 1.807) is 0 Å². The zero-order chi connectivity index (χ0) is 15.0. The summed E-state index contributed by atoms with van der Waals surface area (Å²) in [5.41, 5.74) is 4.01. The highest BCUT2D eigenvalue weighted by Crippen LogP contribution is 2.25. The minimum atomic E-state index is 0.408. The van der Waals surface area contributed by atoms with Crippen LogP contribution in [-0.2, 0) is 24.1 Å². The normalized spacial score (nSPS) is 12.8. The van der Waals surface area contributed by atoms with Crippen LogP contribution in [0.15, 0.2) is 0 Å². The lowest BCUT2D eigenvalue weighted by Crippen LogP contribution is -2.18. The van der Waals surface area contributed by atoms with Gasteiger partial charge in [0.15, 0.2) is 0 Å². The van der Waals surface area contributed by atoms with Gasteiger partial charge in [-0.25, -0.2) is 0 Å². The third kappa shape index (κ3) is 4.06. The number of hydrogen-bond acceptors (Lipinski definition) is 3. The third-order valence-corrected chi connectivity index (χ3v) is 3.75. The highest BCUT2D eigenvalue weighted by atomic mass is 16.5. The van der Waals surface area contributed by atoms with E-state index in [0.29, 0.717) is 6.04 Å². The molecule has 4 heteroatoms. The molecule has 4 nitrogen and oxygen atoms in total. The van der Waals surface area contributed by atoms with Crippen LogP contribution in [0.2, 0.25) is 0 Å². The average Bonchev–Trinajstić information content (AvgIpc) is 2.83. The van der Waals surface area contributed by atoms with Crippen LogP contribution in [0.1, 0.15) is 63.5 Å². The Morgan fingerprint density at radius 2 is 1.90 bits per heavy atom. The minimum Gasteiger partial charge on any atom is -0.380 e. The molecule has 1 rings (SSSR count). The maximum Gasteiger partial charge on any atom is 0.0672 e. The summed E-state index contributed by atoms with van der Waals surface area (Å²) >= 11 is 0. The van der Waals surface area contributed by atoms with Gasteiger partial charge >= 0.3 is 0 Å². The molecule has 0 fully saturated rings. The van der Waals surface area contributed by atoms with Crippen LogP contribution in [0.3, 0.4) is 0 Å². The molecule has 1 aromatic heterocycles. The van der Waals surface area contributed by atoms with Crippen LogP contribution >= 0.6 is 0 Å². The molecular formula is C16H31N3O. The van der Waals surface area contributed by atoms with Crippen molar-refractivity contribution in [3.05, 3.63) is 17.0 Å². The largest absolute Gasteiger partial charge is 0.380 e. The highest BCUT2D eigenvalue weighted by molar-refractivity contribution is 5.30. The van der Waals surface area contributed by atoms with Gasteiger partial charge in [-0.1, -0.05) is 27.7 Å². The minimum absolute atomic E-state index is 0.408. The molecule has 1 atom stereocenters. The first-order chi connectivity index (χ1) is 9.73. The zero-order valence-corrected chi connectivity index (χ0v) is 13.8. The van der Waals surface area contributed by atoms with Crippen LogP contribution in [0, 0.1) is 0 Å². The molecule has 0 aliphatic heterocycles. The second kappa shape index (κ2) is 9.14. The third-order valence-electron chi connectivity index (χ3n) is 3.75. The number of aryl methyl sites for hydroxylation is 1. The zero-order valence-electron chi connectivity index (χ0n) is 13.8. The van der Waals surface area contributed by atoms with Crippen molar-refractivity contribution in [1.29, 1.82) is 0 Å². The van der Waals surface area contributed by atoms with Crippen molar-refractivity contribution >= 4 is 0 Å². The highest BCUT2D eigenvalue weighted by Gasteiger charge is 2.21. The van der Waals surface area contributed by atoms with E-state index in [1.165, 1.54) is 17.0 Å². The smallest absolute Gasteiger partial charge is 0.0672 e. The van der Waals surface area contributed by atoms with Crippen LogP contribution in [-0.4, -0.2) is 30.0 Å². The maximum atomic E-state index is 5.61. The van der Waals surface area contributed by atoms with E-state index < -0.39 is 0 Å². The molecule has 1 N–H and O–H groups in total. The van der Waals surface area contributed by atoms with Crippen LogP contribution in [0.5, 0.6) is 0 Å². The molecule has 0 amide bonds. The van der Waals surface area contributed by atoms with E-state index in [4.69, 9.17) is 9.84 Å². The Labute approximate surface area is 123 Å². The van der Waals surface area contributed by atoms with Gasteiger partial charge < -0.3 is 10.1 Å². The maximum absolute atomic E-state index is 5.61. The molecule has 1 unspecified atom stereocenters. The number of nitrogens with one attached hydrogen (secondary N) is 1. The van der Waals surface area contributed by atoms with Crippen LogP contribution in [0.25, 0.3) is 0 Å². The first kappa shape index (κ1) is 17.2. The Morgan fingerprint density at radius 1 is 1.15 bits per heavy atom. The van der Waals surface area contributed by atoms with Gasteiger partial charge in [0, 0.05) is 23.9 Å². The summed E-state index contributed by atoms with van der Waals surface area (Å²) in [7, 11) is 2.04.